The number of imidazole rings is 1. The van der Waals surface area contributed by atoms with Gasteiger partial charge in [-0.05, 0) is 31.4 Å². The predicted octanol–water partition coefficient (Wildman–Crippen LogP) is 1.36. The van der Waals surface area contributed by atoms with Crippen molar-refractivity contribution in [3.63, 3.8) is 0 Å². The first-order valence-corrected chi connectivity index (χ1v) is 6.25. The van der Waals surface area contributed by atoms with Crippen LogP contribution in [0.4, 0.5) is 5.82 Å². The fourth-order valence-corrected chi connectivity index (χ4v) is 2.46. The zero-order valence-corrected chi connectivity index (χ0v) is 10.3. The number of hydrogen-bond acceptors (Lipinski definition) is 4. The number of carboxylic acids is 1. The molecule has 6 nitrogen and oxygen atoms in total. The zero-order valence-electron chi connectivity index (χ0n) is 10.3. The molecule has 0 radical (unpaired) electrons. The van der Waals surface area contributed by atoms with Crippen LogP contribution in [0.15, 0.2) is 24.4 Å². The van der Waals surface area contributed by atoms with Crippen LogP contribution < -0.4 is 5.32 Å². The number of aliphatic hydroxyl groups is 1. The van der Waals surface area contributed by atoms with Gasteiger partial charge < -0.3 is 15.5 Å². The molecule has 1 saturated carbocycles. The second-order valence-corrected chi connectivity index (χ2v) is 4.96. The summed E-state index contributed by atoms with van der Waals surface area (Å²) in [6.45, 7) is -0.0140. The van der Waals surface area contributed by atoms with Gasteiger partial charge in [-0.25, -0.2) is 9.78 Å². The van der Waals surface area contributed by atoms with Crippen molar-refractivity contribution < 1.29 is 15.0 Å². The van der Waals surface area contributed by atoms with Crippen LogP contribution in [0.25, 0.3) is 5.65 Å². The number of fused-ring (bicyclic) bond motifs is 1. The molecular weight excluding hydrogens is 246 g/mol. The first-order valence-electron chi connectivity index (χ1n) is 6.25. The Morgan fingerprint density at radius 1 is 1.47 bits per heavy atom. The first-order chi connectivity index (χ1) is 9.15. The topological polar surface area (TPSA) is 86.9 Å². The predicted molar refractivity (Wildman–Crippen MR) is 69.4 cm³/mol. The van der Waals surface area contributed by atoms with Gasteiger partial charge in [0, 0.05) is 6.20 Å². The lowest BCUT2D eigenvalue weighted by atomic mass is 9.77. The van der Waals surface area contributed by atoms with Gasteiger partial charge >= 0.3 is 5.97 Å². The van der Waals surface area contributed by atoms with E-state index in [4.69, 9.17) is 0 Å². The minimum absolute atomic E-state index is 0.0140. The number of anilines is 1. The summed E-state index contributed by atoms with van der Waals surface area (Å²) in [4.78, 5) is 15.7. The van der Waals surface area contributed by atoms with E-state index in [2.05, 4.69) is 10.3 Å². The van der Waals surface area contributed by atoms with E-state index in [1.807, 2.05) is 6.07 Å². The van der Waals surface area contributed by atoms with E-state index in [0.717, 1.165) is 19.3 Å². The molecule has 0 aliphatic heterocycles. The van der Waals surface area contributed by atoms with Gasteiger partial charge in [0.2, 0.25) is 0 Å². The van der Waals surface area contributed by atoms with Crippen LogP contribution in [0.5, 0.6) is 0 Å². The van der Waals surface area contributed by atoms with Crippen molar-refractivity contribution in [1.29, 1.82) is 0 Å². The van der Waals surface area contributed by atoms with Crippen LogP contribution in [0.3, 0.4) is 0 Å². The van der Waals surface area contributed by atoms with E-state index in [1.54, 1.807) is 18.3 Å². The van der Waals surface area contributed by atoms with Crippen LogP contribution in [-0.4, -0.2) is 37.7 Å². The molecular formula is C13H15N3O3. The first kappa shape index (κ1) is 12.0. The van der Waals surface area contributed by atoms with Crippen molar-refractivity contribution in [3.8, 4) is 0 Å². The highest BCUT2D eigenvalue weighted by Gasteiger charge is 2.38. The molecule has 19 heavy (non-hydrogen) atoms. The largest absolute Gasteiger partial charge is 0.476 e. The summed E-state index contributed by atoms with van der Waals surface area (Å²) >= 11 is 0. The van der Waals surface area contributed by atoms with Gasteiger partial charge in [0.15, 0.2) is 11.5 Å². The van der Waals surface area contributed by atoms with Crippen molar-refractivity contribution in [3.05, 3.63) is 30.1 Å². The Balaban J connectivity index is 2.07. The van der Waals surface area contributed by atoms with Crippen LogP contribution in [-0.2, 0) is 0 Å². The molecule has 0 saturated heterocycles. The Bertz CT molecular complexity index is 626. The number of nitrogens with zero attached hydrogens (tertiary/aromatic N) is 2. The zero-order chi connectivity index (χ0) is 13.5. The lowest BCUT2D eigenvalue weighted by Gasteiger charge is -2.41. The number of carboxylic acid groups (broad SMARTS) is 1. The summed E-state index contributed by atoms with van der Waals surface area (Å²) in [5.41, 5.74) is 0.271. The number of carbonyl (C=O) groups is 1. The van der Waals surface area contributed by atoms with E-state index < -0.39 is 11.5 Å². The lowest BCUT2D eigenvalue weighted by Crippen LogP contribution is -2.48. The molecule has 2 aromatic rings. The van der Waals surface area contributed by atoms with E-state index in [-0.39, 0.29) is 12.3 Å². The Hall–Kier alpha value is -2.08. The molecule has 1 aliphatic rings. The summed E-state index contributed by atoms with van der Waals surface area (Å²) in [6, 6.07) is 5.32. The molecule has 1 fully saturated rings. The van der Waals surface area contributed by atoms with E-state index in [0.29, 0.717) is 11.5 Å². The van der Waals surface area contributed by atoms with Crippen molar-refractivity contribution in [2.75, 3.05) is 11.9 Å². The number of hydrogen-bond donors (Lipinski definition) is 3. The Morgan fingerprint density at radius 2 is 2.26 bits per heavy atom. The minimum Gasteiger partial charge on any atom is -0.476 e. The van der Waals surface area contributed by atoms with Crippen LogP contribution in [0.2, 0.25) is 0 Å². The summed E-state index contributed by atoms with van der Waals surface area (Å²) in [5.74, 6) is -0.707. The van der Waals surface area contributed by atoms with Crippen molar-refractivity contribution in [1.82, 2.24) is 9.38 Å². The average molecular weight is 261 g/mol. The monoisotopic (exact) mass is 261 g/mol. The number of aromatic carboxylic acids is 1. The number of aromatic nitrogens is 2. The maximum absolute atomic E-state index is 11.4. The third-order valence-electron chi connectivity index (χ3n) is 3.73. The van der Waals surface area contributed by atoms with Crippen LogP contribution in [0, 0.1) is 0 Å². The van der Waals surface area contributed by atoms with Gasteiger partial charge in [0.25, 0.3) is 0 Å². The summed E-state index contributed by atoms with van der Waals surface area (Å²) in [6.07, 6.45) is 4.36. The quantitative estimate of drug-likeness (QED) is 0.773. The molecule has 2 heterocycles. The number of pyridine rings is 1. The van der Waals surface area contributed by atoms with Gasteiger partial charge in [-0.1, -0.05) is 6.07 Å². The van der Waals surface area contributed by atoms with E-state index in [9.17, 15) is 15.0 Å². The minimum atomic E-state index is -1.03. The Kier molecular flexibility index (Phi) is 2.67. The second-order valence-electron chi connectivity index (χ2n) is 4.96. The average Bonchev–Trinajstić information content (AvgIpc) is 2.71. The normalized spacial score (nSPS) is 17.1. The van der Waals surface area contributed by atoms with Gasteiger partial charge in [0.05, 0.1) is 12.1 Å². The highest BCUT2D eigenvalue weighted by Crippen LogP contribution is 2.35. The van der Waals surface area contributed by atoms with E-state index >= 15 is 0 Å². The smallest absolute Gasteiger partial charge is 0.356 e. The SMILES string of the molecule is O=C(O)c1c(NC2(CO)CCC2)nc2ccccn12. The van der Waals surface area contributed by atoms with Crippen molar-refractivity contribution in [2.45, 2.75) is 24.8 Å². The van der Waals surface area contributed by atoms with Gasteiger partial charge in [0.1, 0.15) is 5.65 Å². The molecule has 1 aliphatic carbocycles. The van der Waals surface area contributed by atoms with Gasteiger partial charge in [-0.3, -0.25) is 4.40 Å². The molecule has 0 unspecified atom stereocenters. The molecule has 0 aromatic carbocycles. The molecule has 0 amide bonds. The van der Waals surface area contributed by atoms with Crippen LogP contribution >= 0.6 is 0 Å². The van der Waals surface area contributed by atoms with Gasteiger partial charge in [-0.2, -0.15) is 0 Å². The number of rotatable bonds is 4. The molecule has 0 spiro atoms. The number of nitrogens with one attached hydrogen (secondary N) is 1. The van der Waals surface area contributed by atoms with Crippen LogP contribution in [0.1, 0.15) is 29.8 Å². The highest BCUT2D eigenvalue weighted by molar-refractivity contribution is 5.93. The molecule has 6 heteroatoms. The summed E-state index contributed by atoms with van der Waals surface area (Å²) < 4.78 is 1.54. The molecule has 100 valence electrons. The van der Waals surface area contributed by atoms with Crippen molar-refractivity contribution >= 4 is 17.4 Å². The summed E-state index contributed by atoms with van der Waals surface area (Å²) in [5, 5.41) is 21.9. The molecule has 0 bridgehead atoms. The molecule has 3 rings (SSSR count). The molecule has 2 aromatic heterocycles. The highest BCUT2D eigenvalue weighted by atomic mass is 16.4. The number of aliphatic hydroxyl groups excluding tert-OH is 1. The Morgan fingerprint density at radius 3 is 2.84 bits per heavy atom. The fraction of sp³-hybridized carbons (Fsp3) is 0.385. The summed E-state index contributed by atoms with van der Waals surface area (Å²) in [7, 11) is 0. The van der Waals surface area contributed by atoms with Crippen molar-refractivity contribution in [2.24, 2.45) is 0 Å². The van der Waals surface area contributed by atoms with Gasteiger partial charge in [-0.15, -0.1) is 0 Å². The lowest BCUT2D eigenvalue weighted by molar-refractivity contribution is 0.0689. The Labute approximate surface area is 109 Å². The fourth-order valence-electron chi connectivity index (χ4n) is 2.46. The maximum atomic E-state index is 11.4. The second kappa shape index (κ2) is 4.24. The standard InChI is InChI=1S/C13H15N3O3/c17-8-13(5-3-6-13)15-11-10(12(18)19)16-7-2-1-4-9(16)14-11/h1-2,4,7,15,17H,3,5-6,8H2,(H,18,19). The maximum Gasteiger partial charge on any atom is 0.356 e. The third-order valence-corrected chi connectivity index (χ3v) is 3.73. The molecule has 0 atom stereocenters. The third kappa shape index (κ3) is 1.84. The van der Waals surface area contributed by atoms with E-state index in [1.165, 1.54) is 4.40 Å². The molecule has 3 N–H and O–H groups in total.